The van der Waals surface area contributed by atoms with Gasteiger partial charge in [-0.25, -0.2) is 0 Å². The molecule has 5 aliphatic rings. The molecule has 0 unspecified atom stereocenters. The highest BCUT2D eigenvalue weighted by Gasteiger charge is 2.64. The zero-order chi connectivity index (χ0) is 29.4. The summed E-state index contributed by atoms with van der Waals surface area (Å²) < 4.78 is 22.9. The Morgan fingerprint density at radius 2 is 1.48 bits per heavy atom. The molecule has 1 amide bonds. The van der Waals surface area contributed by atoms with Crippen LogP contribution in [-0.4, -0.2) is 53.8 Å². The van der Waals surface area contributed by atoms with Crippen LogP contribution in [0.4, 0.5) is 0 Å². The molecule has 3 saturated heterocycles. The highest BCUT2D eigenvalue weighted by atomic mass is 35.5. The van der Waals surface area contributed by atoms with Gasteiger partial charge in [-0.2, -0.15) is 0 Å². The van der Waals surface area contributed by atoms with Crippen molar-refractivity contribution in [1.82, 2.24) is 9.80 Å². The highest BCUT2D eigenvalue weighted by molar-refractivity contribution is 5.95. The summed E-state index contributed by atoms with van der Waals surface area (Å²) in [4.78, 5) is 19.8. The minimum atomic E-state index is -0.343. The van der Waals surface area contributed by atoms with E-state index in [2.05, 4.69) is 47.9 Å². The molecule has 0 aromatic heterocycles. The Hall–Kier alpha value is -3.95. The van der Waals surface area contributed by atoms with E-state index in [1.165, 1.54) is 0 Å². The predicted octanol–water partition coefficient (Wildman–Crippen LogP) is 5.26. The highest BCUT2D eigenvalue weighted by Crippen LogP contribution is 2.58. The van der Waals surface area contributed by atoms with Crippen LogP contribution in [-0.2, 0) is 4.79 Å². The number of nitrogens with two attached hydrogens (primary N) is 1. The standard InChI is InChI=1S/C34H36N4O5.ClH/c1-18(2)30-28-23-4-3-13-37(23)32(19-5-7-20(8-6-19)33(35)36)29(28)34(39)38(30)31(21-9-11-24-26(14-21)42-16-40-24)22-10-12-25-27(15-22)43-17-41-25;/h5-12,14-15,18,23,28-32H,3-4,13,16-17H2,1-2H3,(H3,35,36);1H/t23-,28-,29-,30+,32-;/m0./s1. The number of fused-ring (bicyclic) bond motifs is 5. The molecule has 230 valence electrons. The quantitative estimate of drug-likeness (QED) is 0.287. The molecular formula is C34H37ClN4O5. The van der Waals surface area contributed by atoms with Gasteiger partial charge in [0.2, 0.25) is 19.5 Å². The number of nitrogens with zero attached hydrogens (tertiary/aromatic N) is 2. The maximum absolute atomic E-state index is 15.1. The summed E-state index contributed by atoms with van der Waals surface area (Å²) in [5, 5.41) is 7.86. The molecule has 3 N–H and O–H groups in total. The van der Waals surface area contributed by atoms with E-state index in [9.17, 15) is 0 Å². The summed E-state index contributed by atoms with van der Waals surface area (Å²) in [5.41, 5.74) is 9.54. The van der Waals surface area contributed by atoms with E-state index < -0.39 is 0 Å². The second kappa shape index (κ2) is 10.9. The van der Waals surface area contributed by atoms with Gasteiger partial charge in [0.25, 0.3) is 0 Å². The van der Waals surface area contributed by atoms with Crippen molar-refractivity contribution in [1.29, 1.82) is 5.41 Å². The Morgan fingerprint density at radius 3 is 2.05 bits per heavy atom. The number of amidine groups is 1. The molecule has 0 saturated carbocycles. The number of ether oxygens (including phenoxy) is 4. The fourth-order valence-electron chi connectivity index (χ4n) is 8.48. The molecule has 44 heavy (non-hydrogen) atoms. The van der Waals surface area contributed by atoms with Crippen LogP contribution in [0.15, 0.2) is 60.7 Å². The zero-order valence-corrected chi connectivity index (χ0v) is 25.6. The van der Waals surface area contributed by atoms with Crippen LogP contribution in [0.1, 0.15) is 61.0 Å². The fraction of sp³-hybridized carbons (Fsp3) is 0.412. The predicted molar refractivity (Wildman–Crippen MR) is 167 cm³/mol. The van der Waals surface area contributed by atoms with Crippen molar-refractivity contribution in [2.24, 2.45) is 23.5 Å². The lowest BCUT2D eigenvalue weighted by molar-refractivity contribution is -0.135. The van der Waals surface area contributed by atoms with E-state index in [1.807, 2.05) is 36.4 Å². The SMILES string of the molecule is CC(C)[C@@H]1[C@@H]2[C@H](C(=O)N1C(c1ccc3c(c1)OCO3)c1ccc3c(c1)OCO3)[C@H](c1ccc(C(=N)N)cc1)N1CCC[C@@H]21.Cl. The second-order valence-electron chi connectivity index (χ2n) is 12.6. The van der Waals surface area contributed by atoms with Crippen LogP contribution >= 0.6 is 12.4 Å². The Morgan fingerprint density at radius 1 is 0.886 bits per heavy atom. The van der Waals surface area contributed by atoms with E-state index in [0.29, 0.717) is 34.6 Å². The first kappa shape index (κ1) is 28.8. The van der Waals surface area contributed by atoms with Gasteiger partial charge in [0, 0.05) is 29.6 Å². The van der Waals surface area contributed by atoms with Crippen molar-refractivity contribution in [2.75, 3.05) is 20.1 Å². The van der Waals surface area contributed by atoms with Gasteiger partial charge in [-0.1, -0.05) is 50.2 Å². The molecule has 3 aromatic rings. The van der Waals surface area contributed by atoms with Gasteiger partial charge in [0.1, 0.15) is 5.84 Å². The van der Waals surface area contributed by atoms with Crippen molar-refractivity contribution in [3.05, 3.63) is 82.9 Å². The van der Waals surface area contributed by atoms with E-state index in [4.69, 9.17) is 30.1 Å². The summed E-state index contributed by atoms with van der Waals surface area (Å²) in [6.07, 6.45) is 2.22. The summed E-state index contributed by atoms with van der Waals surface area (Å²) >= 11 is 0. The van der Waals surface area contributed by atoms with Crippen molar-refractivity contribution >= 4 is 24.1 Å². The molecule has 3 aromatic carbocycles. The monoisotopic (exact) mass is 616 g/mol. The average Bonchev–Trinajstić information content (AvgIpc) is 3.82. The van der Waals surface area contributed by atoms with Crippen molar-refractivity contribution in [2.45, 2.75) is 50.9 Å². The van der Waals surface area contributed by atoms with E-state index >= 15 is 4.79 Å². The first-order valence-electron chi connectivity index (χ1n) is 15.2. The molecule has 8 rings (SSSR count). The molecule has 0 spiro atoms. The number of rotatable bonds is 6. The normalized spacial score (nSPS) is 26.3. The number of likely N-dealkylation sites (tertiary alicyclic amines) is 1. The van der Waals surface area contributed by atoms with Crippen LogP contribution in [0.3, 0.4) is 0 Å². The van der Waals surface area contributed by atoms with Crippen LogP contribution in [0.5, 0.6) is 23.0 Å². The molecule has 5 heterocycles. The number of hydrogen-bond acceptors (Lipinski definition) is 7. The summed E-state index contributed by atoms with van der Waals surface area (Å²) in [7, 11) is 0. The number of hydrogen-bond donors (Lipinski definition) is 2. The number of amides is 1. The molecule has 10 heteroatoms. The molecular weight excluding hydrogens is 580 g/mol. The first-order valence-corrected chi connectivity index (χ1v) is 15.2. The van der Waals surface area contributed by atoms with Gasteiger partial charge in [-0.05, 0) is 66.3 Å². The lowest BCUT2D eigenvalue weighted by atomic mass is 9.78. The Labute approximate surface area is 263 Å². The maximum atomic E-state index is 15.1. The van der Waals surface area contributed by atoms with Gasteiger partial charge >= 0.3 is 0 Å². The smallest absolute Gasteiger partial charge is 0.231 e. The molecule has 3 fully saturated rings. The van der Waals surface area contributed by atoms with Crippen LogP contribution in [0, 0.1) is 23.2 Å². The number of benzene rings is 3. The zero-order valence-electron chi connectivity index (χ0n) is 24.8. The summed E-state index contributed by atoms with van der Waals surface area (Å²) in [6, 6.07) is 20.0. The Balaban J connectivity index is 0.00000312. The van der Waals surface area contributed by atoms with Gasteiger partial charge in [-0.15, -0.1) is 12.4 Å². The van der Waals surface area contributed by atoms with E-state index in [-0.39, 0.29) is 73.6 Å². The third-order valence-corrected chi connectivity index (χ3v) is 10.1. The number of carbonyl (C=O) groups excluding carboxylic acids is 1. The first-order chi connectivity index (χ1) is 20.9. The van der Waals surface area contributed by atoms with Crippen LogP contribution in [0.25, 0.3) is 0 Å². The number of halogens is 1. The average molecular weight is 617 g/mol. The maximum Gasteiger partial charge on any atom is 0.231 e. The second-order valence-corrected chi connectivity index (χ2v) is 12.6. The summed E-state index contributed by atoms with van der Waals surface area (Å²) in [6.45, 7) is 5.87. The van der Waals surface area contributed by atoms with Crippen molar-refractivity contribution in [3.8, 4) is 23.0 Å². The molecule has 9 nitrogen and oxygen atoms in total. The topological polar surface area (TPSA) is 110 Å². The van der Waals surface area contributed by atoms with Gasteiger partial charge in [0.05, 0.1) is 12.0 Å². The van der Waals surface area contributed by atoms with E-state index in [0.717, 1.165) is 36.1 Å². The van der Waals surface area contributed by atoms with Crippen LogP contribution in [0.2, 0.25) is 0 Å². The largest absolute Gasteiger partial charge is 0.454 e. The van der Waals surface area contributed by atoms with Gasteiger partial charge in [0.15, 0.2) is 23.0 Å². The minimum absolute atomic E-state index is 0. The van der Waals surface area contributed by atoms with Crippen molar-refractivity contribution < 1.29 is 23.7 Å². The molecule has 0 radical (unpaired) electrons. The summed E-state index contributed by atoms with van der Waals surface area (Å²) in [5.74, 6) is 3.31. The number of nitrogens with one attached hydrogen (secondary N) is 1. The van der Waals surface area contributed by atoms with Crippen molar-refractivity contribution in [3.63, 3.8) is 0 Å². The fourth-order valence-corrected chi connectivity index (χ4v) is 8.48. The molecule has 5 aliphatic heterocycles. The number of carbonyl (C=O) groups is 1. The third kappa shape index (κ3) is 4.31. The molecule has 5 atom stereocenters. The Bertz CT molecular complexity index is 1560. The van der Waals surface area contributed by atoms with Gasteiger partial charge < -0.3 is 29.6 Å². The third-order valence-electron chi connectivity index (χ3n) is 10.1. The molecule has 0 aliphatic carbocycles. The lowest BCUT2D eigenvalue weighted by Gasteiger charge is -2.40. The van der Waals surface area contributed by atoms with E-state index in [1.54, 1.807) is 0 Å². The lowest BCUT2D eigenvalue weighted by Crippen LogP contribution is -2.46. The minimum Gasteiger partial charge on any atom is -0.454 e. The Kier molecular flexibility index (Phi) is 7.13. The van der Waals surface area contributed by atoms with Gasteiger partial charge in [-0.3, -0.25) is 15.1 Å². The number of nitrogen functional groups attached to an aromatic ring is 1. The van der Waals surface area contributed by atoms with Crippen LogP contribution < -0.4 is 24.7 Å². The molecule has 0 bridgehead atoms.